The molecule has 0 radical (unpaired) electrons. The Balaban J connectivity index is 2.16. The zero-order valence-corrected chi connectivity index (χ0v) is 12.2. The van der Waals surface area contributed by atoms with Gasteiger partial charge in [0.25, 0.3) is 0 Å². The molecule has 0 heterocycles. The maximum Gasteiger partial charge on any atom is 0.159 e. The summed E-state index contributed by atoms with van der Waals surface area (Å²) in [5, 5.41) is 0. The molecular formula is C18H16F2O2. The quantitative estimate of drug-likeness (QED) is 0.747. The van der Waals surface area contributed by atoms with E-state index in [2.05, 4.69) is 0 Å². The van der Waals surface area contributed by atoms with Gasteiger partial charge in [-0.05, 0) is 66.6 Å². The van der Waals surface area contributed by atoms with Crippen molar-refractivity contribution in [2.24, 2.45) is 0 Å². The fourth-order valence-corrected chi connectivity index (χ4v) is 2.63. The maximum atomic E-state index is 13.5. The second kappa shape index (κ2) is 5.87. The zero-order chi connectivity index (χ0) is 15.7. The van der Waals surface area contributed by atoms with Crippen molar-refractivity contribution in [2.75, 3.05) is 6.61 Å². The van der Waals surface area contributed by atoms with E-state index in [4.69, 9.17) is 4.74 Å². The molecule has 0 saturated heterocycles. The highest BCUT2D eigenvalue weighted by atomic mass is 19.2. The number of halogens is 2. The van der Waals surface area contributed by atoms with Crippen LogP contribution in [0.3, 0.4) is 0 Å². The Bertz CT molecular complexity index is 721. The summed E-state index contributed by atoms with van der Waals surface area (Å²) in [5.74, 6) is -0.901. The Hall–Kier alpha value is -2.23. The third-order valence-electron chi connectivity index (χ3n) is 3.86. The van der Waals surface area contributed by atoms with Gasteiger partial charge in [-0.25, -0.2) is 8.78 Å². The molecule has 4 heteroatoms. The van der Waals surface area contributed by atoms with Crippen molar-refractivity contribution < 1.29 is 18.3 Å². The van der Waals surface area contributed by atoms with Gasteiger partial charge in [0.1, 0.15) is 5.75 Å². The van der Waals surface area contributed by atoms with Crippen LogP contribution in [-0.4, -0.2) is 12.9 Å². The summed E-state index contributed by atoms with van der Waals surface area (Å²) in [5.41, 5.74) is 2.89. The largest absolute Gasteiger partial charge is 0.493 e. The molecule has 1 aliphatic rings. The smallest absolute Gasteiger partial charge is 0.159 e. The van der Waals surface area contributed by atoms with Crippen LogP contribution in [0, 0.1) is 11.6 Å². The summed E-state index contributed by atoms with van der Waals surface area (Å²) in [6.07, 6.45) is 2.86. The topological polar surface area (TPSA) is 26.3 Å². The van der Waals surface area contributed by atoms with Crippen LogP contribution in [0.2, 0.25) is 0 Å². The van der Waals surface area contributed by atoms with Crippen molar-refractivity contribution in [3.63, 3.8) is 0 Å². The number of aldehydes is 1. The maximum absolute atomic E-state index is 13.5. The number of hydrogen-bond donors (Lipinski definition) is 0. The number of rotatable bonds is 5. The fourth-order valence-electron chi connectivity index (χ4n) is 2.63. The third-order valence-corrected chi connectivity index (χ3v) is 3.86. The average molecular weight is 302 g/mol. The number of carbonyl (C=O) groups excluding carboxylic acids is 1. The molecular weight excluding hydrogens is 286 g/mol. The van der Waals surface area contributed by atoms with Crippen LogP contribution in [0.1, 0.15) is 41.6 Å². The molecule has 1 aliphatic carbocycles. The molecule has 2 aromatic rings. The van der Waals surface area contributed by atoms with E-state index in [0.717, 1.165) is 36.3 Å². The Morgan fingerprint density at radius 3 is 2.55 bits per heavy atom. The minimum absolute atomic E-state index is 0.373. The van der Waals surface area contributed by atoms with Gasteiger partial charge in [0.05, 0.1) is 12.2 Å². The van der Waals surface area contributed by atoms with Gasteiger partial charge in [-0.15, -0.1) is 0 Å². The molecule has 0 spiro atoms. The lowest BCUT2D eigenvalue weighted by Crippen LogP contribution is -1.99. The Labute approximate surface area is 127 Å². The molecule has 0 N–H and O–H groups in total. The highest BCUT2D eigenvalue weighted by Gasteiger charge is 2.28. The number of ether oxygens (including phenoxy) is 1. The summed E-state index contributed by atoms with van der Waals surface area (Å²) in [6, 6.07) is 7.43. The minimum atomic E-state index is -0.878. The van der Waals surface area contributed by atoms with Gasteiger partial charge in [0.2, 0.25) is 0 Å². The lowest BCUT2D eigenvalue weighted by Gasteiger charge is -2.14. The second-order valence-electron chi connectivity index (χ2n) is 5.43. The average Bonchev–Trinajstić information content (AvgIpc) is 3.35. The second-order valence-corrected chi connectivity index (χ2v) is 5.43. The molecule has 2 nitrogen and oxygen atoms in total. The first kappa shape index (κ1) is 14.7. The molecule has 3 rings (SSSR count). The van der Waals surface area contributed by atoms with E-state index in [1.54, 1.807) is 12.1 Å². The van der Waals surface area contributed by atoms with E-state index < -0.39 is 11.6 Å². The lowest BCUT2D eigenvalue weighted by molar-refractivity contribution is 0.112. The van der Waals surface area contributed by atoms with E-state index in [0.29, 0.717) is 29.4 Å². The van der Waals surface area contributed by atoms with Crippen LogP contribution in [0.25, 0.3) is 11.1 Å². The van der Waals surface area contributed by atoms with Crippen LogP contribution in [-0.2, 0) is 0 Å². The van der Waals surface area contributed by atoms with Gasteiger partial charge >= 0.3 is 0 Å². The lowest BCUT2D eigenvalue weighted by atomic mass is 9.94. The van der Waals surface area contributed by atoms with Crippen LogP contribution >= 0.6 is 0 Å². The molecule has 1 saturated carbocycles. The molecule has 2 aromatic carbocycles. The van der Waals surface area contributed by atoms with E-state index >= 15 is 0 Å². The van der Waals surface area contributed by atoms with E-state index in [-0.39, 0.29) is 0 Å². The fraction of sp³-hybridized carbons (Fsp3) is 0.278. The summed E-state index contributed by atoms with van der Waals surface area (Å²) in [6.45, 7) is 2.27. The minimum Gasteiger partial charge on any atom is -0.493 e. The monoisotopic (exact) mass is 302 g/mol. The number of hydrogen-bond acceptors (Lipinski definition) is 2. The Morgan fingerprint density at radius 2 is 1.95 bits per heavy atom. The highest BCUT2D eigenvalue weighted by molar-refractivity contribution is 5.84. The van der Waals surface area contributed by atoms with Crippen LogP contribution in [0.4, 0.5) is 8.78 Å². The van der Waals surface area contributed by atoms with Gasteiger partial charge < -0.3 is 4.74 Å². The number of benzene rings is 2. The first-order chi connectivity index (χ1) is 10.6. The molecule has 0 aliphatic heterocycles. The molecule has 114 valence electrons. The summed E-state index contributed by atoms with van der Waals surface area (Å²) in [7, 11) is 0. The summed E-state index contributed by atoms with van der Waals surface area (Å²) in [4.78, 5) is 11.3. The van der Waals surface area contributed by atoms with Crippen molar-refractivity contribution in [1.82, 2.24) is 0 Å². The number of carbonyl (C=O) groups is 1. The van der Waals surface area contributed by atoms with Crippen LogP contribution in [0.15, 0.2) is 30.3 Å². The van der Waals surface area contributed by atoms with Crippen LogP contribution < -0.4 is 4.74 Å². The SMILES string of the molecule is CCOc1cc(-c2ccc(F)c(F)c2)c(C2CC2)cc1C=O. The molecule has 0 aromatic heterocycles. The van der Waals surface area contributed by atoms with Gasteiger partial charge in [-0.3, -0.25) is 4.79 Å². The molecule has 0 unspecified atom stereocenters. The third kappa shape index (κ3) is 2.73. The predicted molar refractivity (Wildman–Crippen MR) is 80.3 cm³/mol. The molecule has 0 amide bonds. The summed E-state index contributed by atoms with van der Waals surface area (Å²) >= 11 is 0. The normalized spacial score (nSPS) is 14.0. The highest BCUT2D eigenvalue weighted by Crippen LogP contribution is 2.46. The molecule has 0 bridgehead atoms. The van der Waals surface area contributed by atoms with Gasteiger partial charge in [-0.1, -0.05) is 6.07 Å². The van der Waals surface area contributed by atoms with E-state index in [1.165, 1.54) is 6.07 Å². The van der Waals surface area contributed by atoms with Gasteiger partial charge in [-0.2, -0.15) is 0 Å². The molecule has 22 heavy (non-hydrogen) atoms. The Kier molecular flexibility index (Phi) is 3.92. The van der Waals surface area contributed by atoms with Gasteiger partial charge in [0, 0.05) is 0 Å². The van der Waals surface area contributed by atoms with E-state index in [9.17, 15) is 13.6 Å². The first-order valence-corrected chi connectivity index (χ1v) is 7.35. The first-order valence-electron chi connectivity index (χ1n) is 7.35. The molecule has 1 fully saturated rings. The summed E-state index contributed by atoms with van der Waals surface area (Å²) < 4.78 is 32.2. The van der Waals surface area contributed by atoms with Crippen LogP contribution in [0.5, 0.6) is 5.75 Å². The standard InChI is InChI=1S/C18H16F2O2/c1-2-22-18-9-15(12-5-6-16(19)17(20)8-12)14(11-3-4-11)7-13(18)10-21/h5-11H,2-4H2,1H3. The van der Waals surface area contributed by atoms with Crippen molar-refractivity contribution in [3.8, 4) is 16.9 Å². The van der Waals surface area contributed by atoms with Gasteiger partial charge in [0.15, 0.2) is 17.9 Å². The predicted octanol–water partition coefficient (Wildman–Crippen LogP) is 4.72. The Morgan fingerprint density at radius 1 is 1.18 bits per heavy atom. The van der Waals surface area contributed by atoms with Crippen molar-refractivity contribution in [2.45, 2.75) is 25.7 Å². The van der Waals surface area contributed by atoms with Crippen molar-refractivity contribution in [1.29, 1.82) is 0 Å². The molecule has 0 atom stereocenters. The van der Waals surface area contributed by atoms with E-state index in [1.807, 2.05) is 13.0 Å². The van der Waals surface area contributed by atoms with Crippen molar-refractivity contribution in [3.05, 3.63) is 53.1 Å². The van der Waals surface area contributed by atoms with Crippen molar-refractivity contribution >= 4 is 6.29 Å². The zero-order valence-electron chi connectivity index (χ0n) is 12.2.